The summed E-state index contributed by atoms with van der Waals surface area (Å²) in [4.78, 5) is 26.8. The minimum Gasteiger partial charge on any atom is -0.461 e. The fourth-order valence-electron chi connectivity index (χ4n) is 2.76. The van der Waals surface area contributed by atoms with Gasteiger partial charge in [-0.15, -0.1) is 11.8 Å². The molecule has 0 N–H and O–H groups in total. The number of anilines is 1. The second-order valence-electron chi connectivity index (χ2n) is 5.81. The van der Waals surface area contributed by atoms with Crippen LogP contribution in [0.3, 0.4) is 0 Å². The molecule has 0 aliphatic carbocycles. The summed E-state index contributed by atoms with van der Waals surface area (Å²) in [6.45, 7) is 0.307. The van der Waals surface area contributed by atoms with E-state index in [9.17, 15) is 14.0 Å². The van der Waals surface area contributed by atoms with Crippen LogP contribution in [0.1, 0.15) is 12.0 Å². The van der Waals surface area contributed by atoms with Crippen molar-refractivity contribution < 1.29 is 18.7 Å². The average molecular weight is 359 g/mol. The molecule has 1 heterocycles. The van der Waals surface area contributed by atoms with Gasteiger partial charge >= 0.3 is 5.97 Å². The van der Waals surface area contributed by atoms with E-state index >= 15 is 0 Å². The number of halogens is 1. The van der Waals surface area contributed by atoms with Crippen LogP contribution >= 0.6 is 11.8 Å². The van der Waals surface area contributed by atoms with E-state index in [1.165, 1.54) is 17.0 Å². The van der Waals surface area contributed by atoms with Crippen molar-refractivity contribution in [2.75, 3.05) is 17.7 Å². The third-order valence-electron chi connectivity index (χ3n) is 4.14. The number of esters is 1. The Morgan fingerprint density at radius 1 is 1.24 bits per heavy atom. The molecule has 0 spiro atoms. The number of hydrogen-bond donors (Lipinski definition) is 0. The zero-order valence-electron chi connectivity index (χ0n) is 13.8. The van der Waals surface area contributed by atoms with Gasteiger partial charge in [0.15, 0.2) is 0 Å². The predicted molar refractivity (Wildman–Crippen MR) is 94.9 cm³/mol. The molecule has 1 saturated heterocycles. The third kappa shape index (κ3) is 4.02. The van der Waals surface area contributed by atoms with Gasteiger partial charge in [0.05, 0.1) is 11.6 Å². The van der Waals surface area contributed by atoms with Gasteiger partial charge in [0, 0.05) is 17.9 Å². The predicted octanol–water partition coefficient (Wildman–Crippen LogP) is 3.64. The number of amides is 1. The average Bonchev–Trinajstić information content (AvgIpc) is 3.02. The van der Waals surface area contributed by atoms with Gasteiger partial charge < -0.3 is 9.64 Å². The Morgan fingerprint density at radius 2 is 1.96 bits per heavy atom. The Bertz CT molecular complexity index is 778. The number of hydrogen-bond acceptors (Lipinski definition) is 4. The second-order valence-corrected chi connectivity index (χ2v) is 6.69. The van der Waals surface area contributed by atoms with Gasteiger partial charge in [-0.1, -0.05) is 24.3 Å². The van der Waals surface area contributed by atoms with E-state index in [0.29, 0.717) is 0 Å². The van der Waals surface area contributed by atoms with Crippen molar-refractivity contribution in [3.8, 4) is 0 Å². The lowest BCUT2D eigenvalue weighted by molar-refractivity contribution is -0.149. The Balaban J connectivity index is 1.60. The Labute approximate surface area is 150 Å². The van der Waals surface area contributed by atoms with E-state index in [1.807, 2.05) is 30.5 Å². The van der Waals surface area contributed by atoms with E-state index in [4.69, 9.17) is 4.74 Å². The van der Waals surface area contributed by atoms with Crippen LogP contribution in [0.5, 0.6) is 0 Å². The zero-order valence-corrected chi connectivity index (χ0v) is 14.6. The van der Waals surface area contributed by atoms with Crippen molar-refractivity contribution in [1.82, 2.24) is 0 Å². The monoisotopic (exact) mass is 359 g/mol. The molecule has 2 aromatic rings. The van der Waals surface area contributed by atoms with E-state index in [2.05, 4.69) is 0 Å². The van der Waals surface area contributed by atoms with Crippen LogP contribution in [0, 0.1) is 11.7 Å². The normalized spacial score (nSPS) is 17.0. The molecule has 1 aliphatic heterocycles. The highest BCUT2D eigenvalue weighted by Gasteiger charge is 2.37. The van der Waals surface area contributed by atoms with E-state index < -0.39 is 17.7 Å². The lowest BCUT2D eigenvalue weighted by atomic mass is 10.1. The maximum Gasteiger partial charge on any atom is 0.311 e. The molecule has 0 saturated carbocycles. The van der Waals surface area contributed by atoms with Crippen molar-refractivity contribution in [3.05, 3.63) is 59.9 Å². The van der Waals surface area contributed by atoms with Gasteiger partial charge in [-0.2, -0.15) is 0 Å². The fourth-order valence-corrected chi connectivity index (χ4v) is 3.17. The molecular formula is C19H18FNO3S. The number of thioether (sulfide) groups is 1. The molecular weight excluding hydrogens is 341 g/mol. The number of benzene rings is 2. The van der Waals surface area contributed by atoms with Gasteiger partial charge in [0.2, 0.25) is 5.91 Å². The zero-order chi connectivity index (χ0) is 17.8. The van der Waals surface area contributed by atoms with Gasteiger partial charge in [0.1, 0.15) is 12.4 Å². The number of ether oxygens (including phenoxy) is 1. The molecule has 6 heteroatoms. The van der Waals surface area contributed by atoms with Crippen molar-refractivity contribution in [3.63, 3.8) is 0 Å². The molecule has 0 radical (unpaired) electrons. The fraction of sp³-hybridized carbons (Fsp3) is 0.263. The first-order valence-electron chi connectivity index (χ1n) is 7.93. The summed E-state index contributed by atoms with van der Waals surface area (Å²) < 4.78 is 19.2. The van der Waals surface area contributed by atoms with E-state index in [0.717, 1.165) is 10.5 Å². The Hall–Kier alpha value is -2.34. The molecule has 1 fully saturated rings. The molecule has 0 bridgehead atoms. The molecule has 1 aliphatic rings. The summed E-state index contributed by atoms with van der Waals surface area (Å²) >= 11 is 1.64. The molecule has 25 heavy (non-hydrogen) atoms. The van der Waals surface area contributed by atoms with Crippen LogP contribution in [0.25, 0.3) is 0 Å². The standard InChI is InChI=1S/C19H18FNO3S/c1-25-15-8-6-13(7-9-15)12-24-19(23)14-10-18(22)21(11-14)17-5-3-2-4-16(17)20/h2-9,14H,10-12H2,1H3/t14-/m0/s1. The molecule has 130 valence electrons. The molecule has 0 unspecified atom stereocenters. The number of rotatable bonds is 5. The topological polar surface area (TPSA) is 46.6 Å². The van der Waals surface area contributed by atoms with Crippen LogP contribution in [-0.4, -0.2) is 24.7 Å². The third-order valence-corrected chi connectivity index (χ3v) is 4.89. The van der Waals surface area contributed by atoms with Gasteiger partial charge in [0.25, 0.3) is 0 Å². The molecule has 3 rings (SSSR count). The number of carbonyl (C=O) groups excluding carboxylic acids is 2. The number of para-hydroxylation sites is 1. The number of nitrogens with zero attached hydrogens (tertiary/aromatic N) is 1. The van der Waals surface area contributed by atoms with Gasteiger partial charge in [-0.05, 0) is 36.1 Å². The lowest BCUT2D eigenvalue weighted by Gasteiger charge is -2.17. The van der Waals surface area contributed by atoms with Gasteiger partial charge in [-0.3, -0.25) is 9.59 Å². The van der Waals surface area contributed by atoms with Crippen LogP contribution < -0.4 is 4.90 Å². The maximum atomic E-state index is 13.9. The largest absolute Gasteiger partial charge is 0.461 e. The Kier molecular flexibility index (Phi) is 5.38. The van der Waals surface area contributed by atoms with Crippen molar-refractivity contribution >= 4 is 29.3 Å². The summed E-state index contributed by atoms with van der Waals surface area (Å²) in [6.07, 6.45) is 2.03. The lowest BCUT2D eigenvalue weighted by Crippen LogP contribution is -2.27. The summed E-state index contributed by atoms with van der Waals surface area (Å²) in [5.41, 5.74) is 1.09. The Morgan fingerprint density at radius 3 is 2.64 bits per heavy atom. The van der Waals surface area contributed by atoms with Gasteiger partial charge in [-0.25, -0.2) is 4.39 Å². The molecule has 4 nitrogen and oxygen atoms in total. The van der Waals surface area contributed by atoms with E-state index in [1.54, 1.807) is 23.9 Å². The summed E-state index contributed by atoms with van der Waals surface area (Å²) in [5, 5.41) is 0. The second kappa shape index (κ2) is 7.70. The van der Waals surface area contributed by atoms with E-state index in [-0.39, 0.29) is 31.2 Å². The molecule has 0 aromatic heterocycles. The van der Waals surface area contributed by atoms with Crippen LogP contribution in [0.4, 0.5) is 10.1 Å². The van der Waals surface area contributed by atoms with Crippen LogP contribution in [0.2, 0.25) is 0 Å². The first-order chi connectivity index (χ1) is 12.1. The summed E-state index contributed by atoms with van der Waals surface area (Å²) in [6, 6.07) is 13.8. The highest BCUT2D eigenvalue weighted by molar-refractivity contribution is 7.98. The minimum absolute atomic E-state index is 0.0403. The molecule has 2 aromatic carbocycles. The van der Waals surface area contributed by atoms with Crippen LogP contribution in [0.15, 0.2) is 53.4 Å². The highest BCUT2D eigenvalue weighted by Crippen LogP contribution is 2.28. The van der Waals surface area contributed by atoms with Crippen molar-refractivity contribution in [2.45, 2.75) is 17.9 Å². The molecule has 1 amide bonds. The maximum absolute atomic E-state index is 13.9. The molecule has 1 atom stereocenters. The minimum atomic E-state index is -0.572. The quantitative estimate of drug-likeness (QED) is 0.604. The smallest absolute Gasteiger partial charge is 0.311 e. The first kappa shape index (κ1) is 17.5. The first-order valence-corrected chi connectivity index (χ1v) is 9.15. The SMILES string of the molecule is CSc1ccc(COC(=O)[C@H]2CC(=O)N(c3ccccc3F)C2)cc1. The summed E-state index contributed by atoms with van der Waals surface area (Å²) in [5.74, 6) is -1.74. The van der Waals surface area contributed by atoms with Crippen molar-refractivity contribution in [1.29, 1.82) is 0 Å². The number of carbonyl (C=O) groups is 2. The van der Waals surface area contributed by atoms with Crippen LogP contribution in [-0.2, 0) is 20.9 Å². The highest BCUT2D eigenvalue weighted by atomic mass is 32.2. The summed E-state index contributed by atoms with van der Waals surface area (Å²) in [7, 11) is 0. The van der Waals surface area contributed by atoms with Crippen molar-refractivity contribution in [2.24, 2.45) is 5.92 Å².